The number of fused-ring (bicyclic) bond motifs is 1. The highest BCUT2D eigenvalue weighted by molar-refractivity contribution is 7.89. The smallest absolute Gasteiger partial charge is 0.258 e. The number of ether oxygens (including phenoxy) is 1. The normalized spacial score (nSPS) is 21.4. The monoisotopic (exact) mass is 576 g/mol. The van der Waals surface area contributed by atoms with E-state index >= 15 is 0 Å². The van der Waals surface area contributed by atoms with Crippen LogP contribution in [0.25, 0.3) is 0 Å². The quantitative estimate of drug-likeness (QED) is 0.487. The summed E-state index contributed by atoms with van der Waals surface area (Å²) in [7, 11) is -2.45. The fourth-order valence-electron chi connectivity index (χ4n) is 5.48. The van der Waals surface area contributed by atoms with E-state index < -0.39 is 22.2 Å². The number of sulfonamides is 1. The third-order valence-electron chi connectivity index (χ3n) is 7.98. The molecule has 2 amide bonds. The number of hydrogen-bond acceptors (Lipinski definition) is 8. The van der Waals surface area contributed by atoms with E-state index in [1.165, 1.54) is 11.4 Å². The number of benzene rings is 1. The van der Waals surface area contributed by atoms with E-state index in [0.29, 0.717) is 5.69 Å². The number of rotatable bonds is 8. The molecule has 12 heteroatoms. The highest BCUT2D eigenvalue weighted by Crippen LogP contribution is 2.32. The molecule has 2 aliphatic rings. The topological polar surface area (TPSA) is 142 Å². The van der Waals surface area contributed by atoms with Crippen molar-refractivity contribution in [2.24, 2.45) is 11.8 Å². The van der Waals surface area contributed by atoms with Gasteiger partial charge in [-0.3, -0.25) is 9.59 Å². The number of amides is 2. The molecule has 11 nitrogen and oxygen atoms in total. The van der Waals surface area contributed by atoms with Gasteiger partial charge in [0.15, 0.2) is 5.76 Å². The highest BCUT2D eigenvalue weighted by Gasteiger charge is 2.37. The van der Waals surface area contributed by atoms with Gasteiger partial charge >= 0.3 is 0 Å². The lowest BCUT2D eigenvalue weighted by molar-refractivity contribution is -0.120. The summed E-state index contributed by atoms with van der Waals surface area (Å²) in [6, 6.07) is 4.46. The number of aliphatic hydroxyl groups is 1. The summed E-state index contributed by atoms with van der Waals surface area (Å²) in [6.45, 7) is 6.77. The zero-order chi connectivity index (χ0) is 29.2. The largest absolute Gasteiger partial charge is 0.488 e. The van der Waals surface area contributed by atoms with Crippen LogP contribution in [0.1, 0.15) is 67.8 Å². The number of hydrogen-bond donors (Lipinski definition) is 2. The van der Waals surface area contributed by atoms with Gasteiger partial charge in [-0.1, -0.05) is 31.3 Å². The van der Waals surface area contributed by atoms with Gasteiger partial charge in [0.05, 0.1) is 24.8 Å². The Morgan fingerprint density at radius 2 is 1.95 bits per heavy atom. The fraction of sp³-hybridized carbons (Fsp3) is 0.607. The minimum absolute atomic E-state index is 0.00268. The van der Waals surface area contributed by atoms with Crippen LogP contribution in [0.15, 0.2) is 27.6 Å². The lowest BCUT2D eigenvalue weighted by atomic mass is 9.88. The molecule has 40 heavy (non-hydrogen) atoms. The second-order valence-electron chi connectivity index (χ2n) is 11.1. The molecule has 220 valence electrons. The molecule has 1 aromatic heterocycles. The molecule has 0 bridgehead atoms. The number of aryl methyl sites for hydroxylation is 2. The predicted molar refractivity (Wildman–Crippen MR) is 149 cm³/mol. The number of aliphatic hydroxyl groups excluding tert-OH is 1. The summed E-state index contributed by atoms with van der Waals surface area (Å²) in [5.41, 5.74) is 1.01. The lowest BCUT2D eigenvalue weighted by Crippen LogP contribution is -2.50. The molecule has 1 aliphatic carbocycles. The zero-order valence-corrected chi connectivity index (χ0v) is 24.7. The van der Waals surface area contributed by atoms with Crippen molar-refractivity contribution in [2.45, 2.75) is 76.8 Å². The molecule has 0 saturated heterocycles. The van der Waals surface area contributed by atoms with Gasteiger partial charge in [-0.2, -0.15) is 4.31 Å². The standard InChI is InChI=1S/C28H40N4O7S/c1-17-14-32(18(2)16-33)28(35)23-13-22(29-27(34)21-9-7-6-8-10-21)11-12-24(23)38-25(17)15-31(5)40(36,37)26-19(3)30-39-20(26)4/h11-13,17-18,21,25,33H,6-10,14-16H2,1-5H3,(H,29,34). The van der Waals surface area contributed by atoms with Crippen LogP contribution in [0.4, 0.5) is 5.69 Å². The Morgan fingerprint density at radius 3 is 2.58 bits per heavy atom. The van der Waals surface area contributed by atoms with Gasteiger partial charge in [-0.05, 0) is 51.8 Å². The Hall–Kier alpha value is -2.96. The number of carbonyl (C=O) groups excluding carboxylic acids is 2. The molecular formula is C28H40N4O7S. The van der Waals surface area contributed by atoms with Crippen LogP contribution >= 0.6 is 0 Å². The van der Waals surface area contributed by atoms with Crippen molar-refractivity contribution in [3.63, 3.8) is 0 Å². The molecule has 1 saturated carbocycles. The summed E-state index contributed by atoms with van der Waals surface area (Å²) in [5.74, 6) is -0.217. The molecule has 2 N–H and O–H groups in total. The van der Waals surface area contributed by atoms with Crippen LogP contribution in [0.2, 0.25) is 0 Å². The maximum Gasteiger partial charge on any atom is 0.258 e. The fourth-order valence-corrected chi connectivity index (χ4v) is 6.94. The van der Waals surface area contributed by atoms with Gasteiger partial charge in [0.1, 0.15) is 22.4 Å². The van der Waals surface area contributed by atoms with Crippen LogP contribution < -0.4 is 10.1 Å². The number of anilines is 1. The number of nitrogens with zero attached hydrogens (tertiary/aromatic N) is 3. The minimum atomic E-state index is -3.93. The molecular weight excluding hydrogens is 536 g/mol. The average molecular weight is 577 g/mol. The van der Waals surface area contributed by atoms with E-state index in [9.17, 15) is 23.1 Å². The van der Waals surface area contributed by atoms with E-state index in [2.05, 4.69) is 10.5 Å². The van der Waals surface area contributed by atoms with Crippen molar-refractivity contribution in [3.8, 4) is 5.75 Å². The second kappa shape index (κ2) is 12.3. The first-order chi connectivity index (χ1) is 18.9. The molecule has 3 atom stereocenters. The Morgan fingerprint density at radius 1 is 1.25 bits per heavy atom. The number of nitrogens with one attached hydrogen (secondary N) is 1. The van der Waals surface area contributed by atoms with Gasteiger partial charge in [0.25, 0.3) is 5.91 Å². The van der Waals surface area contributed by atoms with Gasteiger partial charge < -0.3 is 24.6 Å². The molecule has 1 aromatic carbocycles. The Labute approximate surface area is 235 Å². The second-order valence-corrected chi connectivity index (χ2v) is 13.1. The van der Waals surface area contributed by atoms with Crippen LogP contribution in [0, 0.1) is 25.7 Å². The molecule has 1 aliphatic heterocycles. The van der Waals surface area contributed by atoms with Crippen LogP contribution in [0.5, 0.6) is 5.75 Å². The van der Waals surface area contributed by atoms with E-state index in [0.717, 1.165) is 32.1 Å². The van der Waals surface area contributed by atoms with Crippen molar-refractivity contribution in [3.05, 3.63) is 35.2 Å². The summed E-state index contributed by atoms with van der Waals surface area (Å²) < 4.78 is 39.4. The third kappa shape index (κ3) is 6.18. The molecule has 2 aromatic rings. The van der Waals surface area contributed by atoms with Gasteiger partial charge in [0.2, 0.25) is 15.9 Å². The lowest BCUT2D eigenvalue weighted by Gasteiger charge is -2.38. The minimum Gasteiger partial charge on any atom is -0.488 e. The van der Waals surface area contributed by atoms with E-state index in [1.807, 2.05) is 6.92 Å². The average Bonchev–Trinajstić information content (AvgIpc) is 3.29. The summed E-state index contributed by atoms with van der Waals surface area (Å²) in [4.78, 5) is 28.2. The summed E-state index contributed by atoms with van der Waals surface area (Å²) >= 11 is 0. The van der Waals surface area contributed by atoms with Gasteiger partial charge in [-0.15, -0.1) is 0 Å². The highest BCUT2D eigenvalue weighted by atomic mass is 32.2. The Kier molecular flexibility index (Phi) is 9.21. The maximum absolute atomic E-state index is 13.7. The molecule has 4 rings (SSSR count). The van der Waals surface area contributed by atoms with Crippen molar-refractivity contribution in [1.82, 2.24) is 14.4 Å². The van der Waals surface area contributed by atoms with Crippen LogP contribution in [0.3, 0.4) is 0 Å². The number of carbonyl (C=O) groups is 2. The van der Waals surface area contributed by atoms with Crippen molar-refractivity contribution < 1.29 is 32.4 Å². The van der Waals surface area contributed by atoms with E-state index in [-0.39, 0.29) is 71.0 Å². The predicted octanol–water partition coefficient (Wildman–Crippen LogP) is 3.35. The molecule has 3 unspecified atom stereocenters. The van der Waals surface area contributed by atoms with E-state index in [4.69, 9.17) is 9.26 Å². The third-order valence-corrected chi connectivity index (χ3v) is 10.0. The Bertz CT molecular complexity index is 1320. The van der Waals surface area contributed by atoms with Gasteiger partial charge in [0, 0.05) is 31.1 Å². The zero-order valence-electron chi connectivity index (χ0n) is 23.8. The molecule has 1 fully saturated rings. The molecule has 2 heterocycles. The van der Waals surface area contributed by atoms with Crippen molar-refractivity contribution in [2.75, 3.05) is 32.1 Å². The Balaban J connectivity index is 1.64. The first-order valence-electron chi connectivity index (χ1n) is 13.9. The van der Waals surface area contributed by atoms with Crippen LogP contribution in [-0.2, 0) is 14.8 Å². The number of likely N-dealkylation sites (N-methyl/N-ethyl adjacent to an activating group) is 1. The van der Waals surface area contributed by atoms with Crippen molar-refractivity contribution in [1.29, 1.82) is 0 Å². The molecule has 0 radical (unpaired) electrons. The van der Waals surface area contributed by atoms with Crippen molar-refractivity contribution >= 4 is 27.5 Å². The molecule has 0 spiro atoms. The van der Waals surface area contributed by atoms with E-state index in [1.54, 1.807) is 43.9 Å². The SMILES string of the molecule is Cc1noc(C)c1S(=O)(=O)N(C)CC1Oc2ccc(NC(=O)C3CCCCC3)cc2C(=O)N(C(C)CO)CC1C. The number of aromatic nitrogens is 1. The first-order valence-corrected chi connectivity index (χ1v) is 15.3. The van der Waals surface area contributed by atoms with Crippen LogP contribution in [-0.4, -0.2) is 78.6 Å². The summed E-state index contributed by atoms with van der Waals surface area (Å²) in [5, 5.41) is 16.6. The van der Waals surface area contributed by atoms with Gasteiger partial charge in [-0.25, -0.2) is 8.42 Å². The summed E-state index contributed by atoms with van der Waals surface area (Å²) in [6.07, 6.45) is 4.28. The first kappa shape index (κ1) is 30.0. The maximum atomic E-state index is 13.7.